The molecule has 0 aromatic heterocycles. The van der Waals surface area contributed by atoms with Crippen LogP contribution in [-0.4, -0.2) is 41.7 Å². The molecule has 18 heavy (non-hydrogen) atoms. The second kappa shape index (κ2) is 6.07. The summed E-state index contributed by atoms with van der Waals surface area (Å²) in [4.78, 5) is 13.5. The molecule has 0 radical (unpaired) electrons. The molecular formula is C13H16ClNO3. The topological polar surface area (TPSA) is 49.8 Å². The van der Waals surface area contributed by atoms with E-state index in [1.54, 1.807) is 29.2 Å². The first-order valence-electron chi connectivity index (χ1n) is 5.99. The third-order valence-corrected chi connectivity index (χ3v) is 3.14. The Hall–Kier alpha value is -1.26. The standard InChI is InChI=1S/C13H16ClNO3/c14-10-3-1-5-12(7-10)18-9-13(17)15-6-2-4-11(16)8-15/h1,3,5,7,11,16H,2,4,6,8-9H2. The number of carbonyl (C=O) groups excluding carboxylic acids is 1. The molecule has 1 saturated heterocycles. The summed E-state index contributed by atoms with van der Waals surface area (Å²) in [6, 6.07) is 6.94. The number of aliphatic hydroxyl groups excluding tert-OH is 1. The van der Waals surface area contributed by atoms with Gasteiger partial charge >= 0.3 is 0 Å². The largest absolute Gasteiger partial charge is 0.484 e. The predicted molar refractivity (Wildman–Crippen MR) is 68.8 cm³/mol. The summed E-state index contributed by atoms with van der Waals surface area (Å²) in [6.07, 6.45) is 1.19. The first kappa shape index (κ1) is 13.2. The molecule has 1 aromatic rings. The lowest BCUT2D eigenvalue weighted by Gasteiger charge is -2.30. The van der Waals surface area contributed by atoms with Crippen molar-refractivity contribution in [2.24, 2.45) is 0 Å². The minimum Gasteiger partial charge on any atom is -0.484 e. The van der Waals surface area contributed by atoms with Gasteiger partial charge in [-0.3, -0.25) is 4.79 Å². The van der Waals surface area contributed by atoms with Gasteiger partial charge in [-0.1, -0.05) is 17.7 Å². The first-order chi connectivity index (χ1) is 8.65. The van der Waals surface area contributed by atoms with Gasteiger partial charge in [0.25, 0.3) is 5.91 Å². The highest BCUT2D eigenvalue weighted by Crippen LogP contribution is 2.17. The van der Waals surface area contributed by atoms with Crippen LogP contribution in [0.25, 0.3) is 0 Å². The normalized spacial score (nSPS) is 19.7. The van der Waals surface area contributed by atoms with Crippen LogP contribution in [0, 0.1) is 0 Å². The van der Waals surface area contributed by atoms with Gasteiger partial charge in [-0.2, -0.15) is 0 Å². The van der Waals surface area contributed by atoms with Crippen molar-refractivity contribution in [3.05, 3.63) is 29.3 Å². The van der Waals surface area contributed by atoms with Crippen molar-refractivity contribution in [3.8, 4) is 5.75 Å². The summed E-state index contributed by atoms with van der Waals surface area (Å²) in [7, 11) is 0. The minimum absolute atomic E-state index is 0.0208. The number of halogens is 1. The molecule has 1 amide bonds. The van der Waals surface area contributed by atoms with Crippen LogP contribution in [0.4, 0.5) is 0 Å². The lowest BCUT2D eigenvalue weighted by molar-refractivity contribution is -0.136. The van der Waals surface area contributed by atoms with Gasteiger partial charge in [0, 0.05) is 18.1 Å². The van der Waals surface area contributed by atoms with E-state index in [-0.39, 0.29) is 12.5 Å². The van der Waals surface area contributed by atoms with Crippen LogP contribution in [-0.2, 0) is 4.79 Å². The number of nitrogens with zero attached hydrogens (tertiary/aromatic N) is 1. The van der Waals surface area contributed by atoms with Crippen molar-refractivity contribution in [1.82, 2.24) is 4.90 Å². The van der Waals surface area contributed by atoms with E-state index in [9.17, 15) is 9.90 Å². The highest BCUT2D eigenvalue weighted by Gasteiger charge is 2.22. The van der Waals surface area contributed by atoms with E-state index in [0.717, 1.165) is 12.8 Å². The Morgan fingerprint density at radius 3 is 3.11 bits per heavy atom. The fraction of sp³-hybridized carbons (Fsp3) is 0.462. The number of carbonyl (C=O) groups is 1. The highest BCUT2D eigenvalue weighted by molar-refractivity contribution is 6.30. The zero-order valence-corrected chi connectivity index (χ0v) is 10.8. The molecule has 2 rings (SSSR count). The van der Waals surface area contributed by atoms with Gasteiger partial charge in [0.1, 0.15) is 5.75 Å². The number of hydrogen-bond donors (Lipinski definition) is 1. The van der Waals surface area contributed by atoms with Crippen molar-refractivity contribution in [2.45, 2.75) is 18.9 Å². The molecule has 1 unspecified atom stereocenters. The average Bonchev–Trinajstić information content (AvgIpc) is 2.36. The van der Waals surface area contributed by atoms with Gasteiger partial charge in [0.2, 0.25) is 0 Å². The van der Waals surface area contributed by atoms with Crippen LogP contribution >= 0.6 is 11.6 Å². The van der Waals surface area contributed by atoms with E-state index in [1.165, 1.54) is 0 Å². The lowest BCUT2D eigenvalue weighted by Crippen LogP contribution is -2.44. The number of rotatable bonds is 3. The van der Waals surface area contributed by atoms with Crippen molar-refractivity contribution in [2.75, 3.05) is 19.7 Å². The van der Waals surface area contributed by atoms with Gasteiger partial charge in [-0.15, -0.1) is 0 Å². The van der Waals surface area contributed by atoms with Crippen molar-refractivity contribution in [1.29, 1.82) is 0 Å². The Morgan fingerprint density at radius 1 is 1.56 bits per heavy atom. The Labute approximate surface area is 111 Å². The Balaban J connectivity index is 1.84. The Bertz CT molecular complexity index is 424. The van der Waals surface area contributed by atoms with E-state index in [4.69, 9.17) is 16.3 Å². The molecule has 1 fully saturated rings. The molecule has 0 aliphatic carbocycles. The van der Waals surface area contributed by atoms with Crippen molar-refractivity contribution < 1.29 is 14.6 Å². The molecule has 98 valence electrons. The van der Waals surface area contributed by atoms with E-state index < -0.39 is 6.10 Å². The minimum atomic E-state index is -0.408. The second-order valence-electron chi connectivity index (χ2n) is 4.38. The molecule has 4 nitrogen and oxygen atoms in total. The van der Waals surface area contributed by atoms with Gasteiger partial charge in [-0.25, -0.2) is 0 Å². The number of aliphatic hydroxyl groups is 1. The Kier molecular flexibility index (Phi) is 4.44. The van der Waals surface area contributed by atoms with Crippen LogP contribution < -0.4 is 4.74 Å². The van der Waals surface area contributed by atoms with E-state index in [2.05, 4.69) is 0 Å². The molecule has 0 spiro atoms. The number of ether oxygens (including phenoxy) is 1. The fourth-order valence-corrected chi connectivity index (χ4v) is 2.15. The third-order valence-electron chi connectivity index (χ3n) is 2.91. The number of amides is 1. The average molecular weight is 270 g/mol. The smallest absolute Gasteiger partial charge is 0.260 e. The molecule has 1 N–H and O–H groups in total. The Morgan fingerprint density at radius 2 is 2.39 bits per heavy atom. The van der Waals surface area contributed by atoms with Crippen LogP contribution in [0.3, 0.4) is 0 Å². The monoisotopic (exact) mass is 269 g/mol. The second-order valence-corrected chi connectivity index (χ2v) is 4.82. The molecule has 1 heterocycles. The predicted octanol–water partition coefficient (Wildman–Crippen LogP) is 1.70. The molecule has 1 aromatic carbocycles. The number of piperidine rings is 1. The molecule has 0 saturated carbocycles. The summed E-state index contributed by atoms with van der Waals surface area (Å²) in [6.45, 7) is 1.07. The van der Waals surface area contributed by atoms with Crippen LogP contribution in [0.1, 0.15) is 12.8 Å². The van der Waals surface area contributed by atoms with E-state index in [0.29, 0.717) is 23.9 Å². The number of benzene rings is 1. The number of hydrogen-bond acceptors (Lipinski definition) is 3. The van der Waals surface area contributed by atoms with Crippen LogP contribution in [0.2, 0.25) is 5.02 Å². The summed E-state index contributed by atoms with van der Waals surface area (Å²) in [5.41, 5.74) is 0. The molecule has 0 bridgehead atoms. The third kappa shape index (κ3) is 3.62. The van der Waals surface area contributed by atoms with Crippen molar-refractivity contribution in [3.63, 3.8) is 0 Å². The van der Waals surface area contributed by atoms with Gasteiger partial charge in [0.05, 0.1) is 6.10 Å². The van der Waals surface area contributed by atoms with Gasteiger partial charge < -0.3 is 14.7 Å². The number of likely N-dealkylation sites (tertiary alicyclic amines) is 1. The molecule has 5 heteroatoms. The van der Waals surface area contributed by atoms with Gasteiger partial charge in [-0.05, 0) is 31.0 Å². The first-order valence-corrected chi connectivity index (χ1v) is 6.37. The summed E-state index contributed by atoms with van der Waals surface area (Å²) < 4.78 is 5.38. The van der Waals surface area contributed by atoms with Crippen molar-refractivity contribution >= 4 is 17.5 Å². The molecular weight excluding hydrogens is 254 g/mol. The molecule has 1 atom stereocenters. The maximum Gasteiger partial charge on any atom is 0.260 e. The quantitative estimate of drug-likeness (QED) is 0.909. The maximum atomic E-state index is 11.9. The van der Waals surface area contributed by atoms with E-state index >= 15 is 0 Å². The fourth-order valence-electron chi connectivity index (χ4n) is 1.97. The summed E-state index contributed by atoms with van der Waals surface area (Å²) >= 11 is 5.82. The van der Waals surface area contributed by atoms with E-state index in [1.807, 2.05) is 0 Å². The zero-order chi connectivity index (χ0) is 13.0. The lowest BCUT2D eigenvalue weighted by atomic mass is 10.1. The maximum absolute atomic E-state index is 11.9. The summed E-state index contributed by atoms with van der Waals surface area (Å²) in [5, 5.41) is 10.1. The molecule has 1 aliphatic rings. The number of β-amino-alcohol motifs (C(OH)–C–C–N with tert-alkyl or cyclic N) is 1. The zero-order valence-electron chi connectivity index (χ0n) is 10.0. The molecule has 1 aliphatic heterocycles. The van der Waals surface area contributed by atoms with Crippen LogP contribution in [0.5, 0.6) is 5.75 Å². The summed E-state index contributed by atoms with van der Waals surface area (Å²) in [5.74, 6) is 0.474. The highest BCUT2D eigenvalue weighted by atomic mass is 35.5. The van der Waals surface area contributed by atoms with Gasteiger partial charge in [0.15, 0.2) is 6.61 Å². The van der Waals surface area contributed by atoms with Crippen LogP contribution in [0.15, 0.2) is 24.3 Å². The SMILES string of the molecule is O=C(COc1cccc(Cl)c1)N1CCCC(O)C1.